The molecule has 0 atom stereocenters. The molecule has 3 rings (SSSR count). The molecule has 1 saturated heterocycles. The minimum Gasteiger partial charge on any atom is -0.359 e. The number of para-hydroxylation sites is 1. The maximum Gasteiger partial charge on any atom is 0.220 e. The van der Waals surface area contributed by atoms with Gasteiger partial charge in [-0.25, -0.2) is 9.67 Å². The Morgan fingerprint density at radius 3 is 2.68 bits per heavy atom. The van der Waals surface area contributed by atoms with Crippen LogP contribution in [0.25, 0.3) is 5.69 Å². The number of hydrogen-bond acceptors (Lipinski definition) is 3. The molecular formula is C21H30N6O. The lowest BCUT2D eigenvalue weighted by Gasteiger charge is -2.34. The molecule has 0 radical (unpaired) electrons. The number of nitrogens with zero attached hydrogens (tertiary/aromatic N) is 4. The minimum absolute atomic E-state index is 0.134. The van der Waals surface area contributed by atoms with Crippen molar-refractivity contribution < 1.29 is 4.79 Å². The maximum absolute atomic E-state index is 11.6. The first-order valence-corrected chi connectivity index (χ1v) is 10.0. The predicted molar refractivity (Wildman–Crippen MR) is 111 cm³/mol. The van der Waals surface area contributed by atoms with Crippen LogP contribution in [0.4, 0.5) is 0 Å². The van der Waals surface area contributed by atoms with Crippen molar-refractivity contribution in [1.82, 2.24) is 25.3 Å². The average molecular weight is 383 g/mol. The Balaban J connectivity index is 1.59. The zero-order chi connectivity index (χ0) is 19.8. The number of benzene rings is 1. The summed E-state index contributed by atoms with van der Waals surface area (Å²) in [4.78, 5) is 18.7. The molecule has 2 N–H and O–H groups in total. The lowest BCUT2D eigenvalue weighted by atomic mass is 9.93. The van der Waals surface area contributed by atoms with Gasteiger partial charge in [0.25, 0.3) is 0 Å². The molecule has 1 amide bonds. The van der Waals surface area contributed by atoms with E-state index in [0.29, 0.717) is 18.9 Å². The van der Waals surface area contributed by atoms with E-state index in [-0.39, 0.29) is 5.91 Å². The Morgan fingerprint density at radius 2 is 2.00 bits per heavy atom. The summed E-state index contributed by atoms with van der Waals surface area (Å²) >= 11 is 0. The Kier molecular flexibility index (Phi) is 7.06. The number of rotatable bonds is 6. The smallest absolute Gasteiger partial charge is 0.220 e. The number of carbonyl (C=O) groups is 1. The molecule has 0 unspecified atom stereocenters. The SMILES string of the molecule is CCNC(=NCc1cnn(-c2ccccc2)c1)N1CCC(CC(=O)NC)CC1. The molecule has 1 aromatic carbocycles. The van der Waals surface area contributed by atoms with E-state index in [0.717, 1.165) is 49.7 Å². The van der Waals surface area contributed by atoms with Gasteiger partial charge in [0.15, 0.2) is 5.96 Å². The summed E-state index contributed by atoms with van der Waals surface area (Å²) in [5, 5.41) is 10.6. The van der Waals surface area contributed by atoms with E-state index in [1.165, 1.54) is 0 Å². The van der Waals surface area contributed by atoms with E-state index in [1.54, 1.807) is 7.05 Å². The summed E-state index contributed by atoms with van der Waals surface area (Å²) in [7, 11) is 1.70. The molecule has 7 heteroatoms. The molecule has 1 fully saturated rings. The third-order valence-electron chi connectivity index (χ3n) is 5.07. The van der Waals surface area contributed by atoms with Crippen LogP contribution in [0.3, 0.4) is 0 Å². The fraction of sp³-hybridized carbons (Fsp3) is 0.476. The van der Waals surface area contributed by atoms with Crippen LogP contribution in [-0.4, -0.2) is 53.2 Å². The number of aromatic nitrogens is 2. The second-order valence-corrected chi connectivity index (χ2v) is 7.11. The van der Waals surface area contributed by atoms with Crippen molar-refractivity contribution >= 4 is 11.9 Å². The standard InChI is InChI=1S/C21H30N6O/c1-3-23-21(26-11-9-17(10-12-26)13-20(28)22-2)24-14-18-15-25-27(16-18)19-7-5-4-6-8-19/h4-8,15-17H,3,9-14H2,1-2H3,(H,22,28)(H,23,24). The normalized spacial score (nSPS) is 15.5. The first-order valence-electron chi connectivity index (χ1n) is 10.0. The lowest BCUT2D eigenvalue weighted by Crippen LogP contribution is -2.46. The Morgan fingerprint density at radius 1 is 1.25 bits per heavy atom. The van der Waals surface area contributed by atoms with Crippen molar-refractivity contribution in [3.05, 3.63) is 48.3 Å². The van der Waals surface area contributed by atoms with Gasteiger partial charge in [-0.3, -0.25) is 4.79 Å². The van der Waals surface area contributed by atoms with Gasteiger partial charge in [-0.1, -0.05) is 18.2 Å². The average Bonchev–Trinajstić information content (AvgIpc) is 3.21. The Labute approximate surface area is 166 Å². The van der Waals surface area contributed by atoms with Gasteiger partial charge >= 0.3 is 0 Å². The van der Waals surface area contributed by atoms with E-state index in [1.807, 2.05) is 47.4 Å². The molecule has 150 valence electrons. The highest BCUT2D eigenvalue weighted by molar-refractivity contribution is 5.80. The summed E-state index contributed by atoms with van der Waals surface area (Å²) in [5.41, 5.74) is 2.12. The number of nitrogens with one attached hydrogen (secondary N) is 2. The number of piperidine rings is 1. The highest BCUT2D eigenvalue weighted by Crippen LogP contribution is 2.20. The van der Waals surface area contributed by atoms with Crippen molar-refractivity contribution in [3.8, 4) is 5.69 Å². The lowest BCUT2D eigenvalue weighted by molar-refractivity contribution is -0.121. The molecular weight excluding hydrogens is 352 g/mol. The summed E-state index contributed by atoms with van der Waals surface area (Å²) in [6, 6.07) is 10.1. The molecule has 0 bridgehead atoms. The van der Waals surface area contributed by atoms with Crippen LogP contribution in [0, 0.1) is 5.92 Å². The zero-order valence-corrected chi connectivity index (χ0v) is 16.8. The van der Waals surface area contributed by atoms with E-state index in [2.05, 4.69) is 27.6 Å². The van der Waals surface area contributed by atoms with Crippen LogP contribution in [0.15, 0.2) is 47.7 Å². The number of amides is 1. The Hall–Kier alpha value is -2.83. The van der Waals surface area contributed by atoms with Crippen molar-refractivity contribution in [2.24, 2.45) is 10.9 Å². The van der Waals surface area contributed by atoms with Gasteiger partial charge in [0, 0.05) is 44.9 Å². The van der Waals surface area contributed by atoms with Gasteiger partial charge in [0.1, 0.15) is 0 Å². The third kappa shape index (κ3) is 5.34. The Bertz CT molecular complexity index is 777. The van der Waals surface area contributed by atoms with Crippen LogP contribution >= 0.6 is 0 Å². The highest BCUT2D eigenvalue weighted by atomic mass is 16.1. The van der Waals surface area contributed by atoms with Gasteiger partial charge < -0.3 is 15.5 Å². The van der Waals surface area contributed by atoms with Gasteiger partial charge in [-0.15, -0.1) is 0 Å². The summed E-state index contributed by atoms with van der Waals surface area (Å²) in [5.74, 6) is 1.53. The number of aliphatic imine (C=N–C) groups is 1. The van der Waals surface area contributed by atoms with Crippen LogP contribution in [0.2, 0.25) is 0 Å². The quantitative estimate of drug-likeness (QED) is 0.593. The number of guanidine groups is 1. The van der Waals surface area contributed by atoms with Crippen LogP contribution in [0.5, 0.6) is 0 Å². The van der Waals surface area contributed by atoms with Gasteiger partial charge in [0.2, 0.25) is 5.91 Å². The third-order valence-corrected chi connectivity index (χ3v) is 5.07. The van der Waals surface area contributed by atoms with Crippen molar-refractivity contribution in [2.75, 3.05) is 26.7 Å². The zero-order valence-electron chi connectivity index (χ0n) is 16.8. The number of carbonyl (C=O) groups excluding carboxylic acids is 1. The fourth-order valence-corrected chi connectivity index (χ4v) is 3.47. The van der Waals surface area contributed by atoms with Gasteiger partial charge in [0.05, 0.1) is 18.4 Å². The highest BCUT2D eigenvalue weighted by Gasteiger charge is 2.23. The van der Waals surface area contributed by atoms with Crippen LogP contribution < -0.4 is 10.6 Å². The summed E-state index contributed by atoms with van der Waals surface area (Å²) in [6.07, 6.45) is 6.55. The van der Waals surface area contributed by atoms with Crippen molar-refractivity contribution in [1.29, 1.82) is 0 Å². The first-order chi connectivity index (χ1) is 13.7. The van der Waals surface area contributed by atoms with E-state index in [9.17, 15) is 4.79 Å². The minimum atomic E-state index is 0.134. The molecule has 1 aromatic heterocycles. The van der Waals surface area contributed by atoms with Crippen molar-refractivity contribution in [3.63, 3.8) is 0 Å². The molecule has 0 saturated carbocycles. The van der Waals surface area contributed by atoms with Gasteiger partial charge in [-0.05, 0) is 37.8 Å². The summed E-state index contributed by atoms with van der Waals surface area (Å²) in [6.45, 7) is 5.36. The molecule has 1 aliphatic rings. The largest absolute Gasteiger partial charge is 0.359 e. The molecule has 7 nitrogen and oxygen atoms in total. The van der Waals surface area contributed by atoms with Crippen molar-refractivity contribution in [2.45, 2.75) is 32.7 Å². The predicted octanol–water partition coefficient (Wildman–Crippen LogP) is 2.19. The summed E-state index contributed by atoms with van der Waals surface area (Å²) < 4.78 is 1.88. The molecule has 28 heavy (non-hydrogen) atoms. The number of hydrogen-bond donors (Lipinski definition) is 2. The maximum atomic E-state index is 11.6. The molecule has 1 aliphatic heterocycles. The monoisotopic (exact) mass is 382 g/mol. The molecule has 2 heterocycles. The molecule has 0 aliphatic carbocycles. The molecule has 2 aromatic rings. The fourth-order valence-electron chi connectivity index (χ4n) is 3.47. The topological polar surface area (TPSA) is 74.5 Å². The van der Waals surface area contributed by atoms with E-state index >= 15 is 0 Å². The second kappa shape index (κ2) is 9.92. The second-order valence-electron chi connectivity index (χ2n) is 7.11. The van der Waals surface area contributed by atoms with E-state index in [4.69, 9.17) is 4.99 Å². The van der Waals surface area contributed by atoms with Crippen LogP contribution in [0.1, 0.15) is 31.7 Å². The number of likely N-dealkylation sites (tertiary alicyclic amines) is 1. The van der Waals surface area contributed by atoms with E-state index < -0.39 is 0 Å². The molecule has 0 spiro atoms. The van der Waals surface area contributed by atoms with Gasteiger partial charge in [-0.2, -0.15) is 5.10 Å². The van der Waals surface area contributed by atoms with Crippen LogP contribution in [-0.2, 0) is 11.3 Å². The first kappa shape index (κ1) is 19.9.